The highest BCUT2D eigenvalue weighted by Gasteiger charge is 2.30. The topological polar surface area (TPSA) is 237 Å². The molecule has 3 N–H and O–H groups in total. The number of hydrogen-bond acceptors (Lipinski definition) is 15. The quantitative estimate of drug-likeness (QED) is 0.0222. The van der Waals surface area contributed by atoms with Gasteiger partial charge in [-0.05, 0) is 37.5 Å². The van der Waals surface area contributed by atoms with Crippen molar-refractivity contribution in [1.29, 1.82) is 0 Å². The second-order valence-electron chi connectivity index (χ2n) is 22.5. The Hall–Kier alpha value is -1.94. The molecule has 19 heteroatoms. The summed E-state index contributed by atoms with van der Waals surface area (Å²) in [5.74, 6) is -0.622. The monoisotopic (exact) mass is 1170 g/mol. The molecule has 0 heterocycles. The van der Waals surface area contributed by atoms with E-state index in [-0.39, 0.29) is 25.7 Å². The summed E-state index contributed by atoms with van der Waals surface area (Å²) in [6.45, 7) is 9.35. The molecule has 0 aliphatic rings. The number of aliphatic hydroxyl groups is 1. The maximum absolute atomic E-state index is 12.9. The molecule has 0 amide bonds. The third-order valence-electron chi connectivity index (χ3n) is 14.1. The van der Waals surface area contributed by atoms with Gasteiger partial charge in [0.25, 0.3) is 0 Å². The van der Waals surface area contributed by atoms with E-state index in [0.29, 0.717) is 25.7 Å². The van der Waals surface area contributed by atoms with Gasteiger partial charge in [-0.1, -0.05) is 241 Å². The van der Waals surface area contributed by atoms with E-state index in [1.54, 1.807) is 0 Å². The number of esters is 4. The lowest BCUT2D eigenvalue weighted by molar-refractivity contribution is -0.161. The summed E-state index contributed by atoms with van der Waals surface area (Å²) in [5.41, 5.74) is 0. The highest BCUT2D eigenvalue weighted by molar-refractivity contribution is 7.47. The Kier molecular flexibility index (Phi) is 51.5. The van der Waals surface area contributed by atoms with Gasteiger partial charge in [0.15, 0.2) is 12.2 Å². The number of unbranched alkanes of at least 4 members (excludes halogenated alkanes) is 28. The van der Waals surface area contributed by atoms with Crippen LogP contribution in [0.5, 0.6) is 0 Å². The molecule has 0 aromatic carbocycles. The highest BCUT2D eigenvalue weighted by Crippen LogP contribution is 2.45. The highest BCUT2D eigenvalue weighted by atomic mass is 31.2. The van der Waals surface area contributed by atoms with Gasteiger partial charge in [0.1, 0.15) is 19.3 Å². The van der Waals surface area contributed by atoms with Crippen LogP contribution in [0.4, 0.5) is 0 Å². The molecule has 0 aliphatic carbocycles. The van der Waals surface area contributed by atoms with E-state index in [4.69, 9.17) is 37.0 Å². The maximum atomic E-state index is 12.9. The zero-order chi connectivity index (χ0) is 58.7. The van der Waals surface area contributed by atoms with E-state index in [2.05, 4.69) is 41.5 Å². The Morgan fingerprint density at radius 1 is 0.367 bits per heavy atom. The Balaban J connectivity index is 5.19. The van der Waals surface area contributed by atoms with Gasteiger partial charge < -0.3 is 33.8 Å². The van der Waals surface area contributed by atoms with E-state index in [1.165, 1.54) is 103 Å². The summed E-state index contributed by atoms with van der Waals surface area (Å²) in [6, 6.07) is 0. The summed E-state index contributed by atoms with van der Waals surface area (Å²) in [7, 11) is -9.87. The maximum Gasteiger partial charge on any atom is 0.472 e. The smallest absolute Gasteiger partial charge is 0.462 e. The fourth-order valence-electron chi connectivity index (χ4n) is 8.79. The fourth-order valence-corrected chi connectivity index (χ4v) is 10.4. The lowest BCUT2D eigenvalue weighted by Crippen LogP contribution is -2.30. The zero-order valence-corrected chi connectivity index (χ0v) is 52.4. The standard InChI is InChI=1S/C60H116O17P2/c1-7-10-12-14-15-18-26-32-38-44-59(64)76-55(48-70-57(62)42-36-28-13-11-8-2)50-74-78(66,67)72-46-54(61)47-73-79(68,69)75-51-56(49-71-58(63)43-37-31-25-22-21-24-30-35-41-53(6)9-3)77-60(65)45-39-33-27-20-17-16-19-23-29-34-40-52(4)5/h52-56,61H,7-51H2,1-6H3,(H,66,67)(H,68,69)/t53?,54-,55+,56+/m0/s1. The van der Waals surface area contributed by atoms with E-state index >= 15 is 0 Å². The molecule has 3 unspecified atom stereocenters. The number of hydrogen-bond donors (Lipinski definition) is 3. The molecule has 17 nitrogen and oxygen atoms in total. The van der Waals surface area contributed by atoms with E-state index < -0.39 is 97.5 Å². The third-order valence-corrected chi connectivity index (χ3v) is 16.0. The molecule has 0 radical (unpaired) electrons. The van der Waals surface area contributed by atoms with Crippen LogP contribution in [0.25, 0.3) is 0 Å². The van der Waals surface area contributed by atoms with Crippen LogP contribution in [0.3, 0.4) is 0 Å². The van der Waals surface area contributed by atoms with Crippen molar-refractivity contribution in [3.8, 4) is 0 Å². The molecule has 0 saturated heterocycles. The van der Waals surface area contributed by atoms with Crippen LogP contribution in [-0.2, 0) is 65.4 Å². The third kappa shape index (κ3) is 53.8. The van der Waals surface area contributed by atoms with Crippen LogP contribution in [0.1, 0.15) is 292 Å². The SMILES string of the molecule is CCCCCCCCCCCC(=O)O[C@H](COC(=O)CCCCCCC)COP(=O)(O)OC[C@H](O)COP(=O)(O)OC[C@@H](COC(=O)CCCCCCCCCCC(C)CC)OC(=O)CCCCCCCCCCCCC(C)C. The van der Waals surface area contributed by atoms with Gasteiger partial charge in [0.05, 0.1) is 26.4 Å². The van der Waals surface area contributed by atoms with E-state index in [0.717, 1.165) is 108 Å². The summed E-state index contributed by atoms with van der Waals surface area (Å²) in [4.78, 5) is 71.7. The first kappa shape index (κ1) is 77.1. The predicted octanol–water partition coefficient (Wildman–Crippen LogP) is 16.1. The van der Waals surface area contributed by atoms with Gasteiger partial charge in [-0.2, -0.15) is 0 Å². The molecular weight excluding hydrogens is 1050 g/mol. The van der Waals surface area contributed by atoms with Crippen LogP contribution < -0.4 is 0 Å². The molecule has 0 aromatic rings. The average molecular weight is 1170 g/mol. The van der Waals surface area contributed by atoms with Crippen molar-refractivity contribution in [3.63, 3.8) is 0 Å². The van der Waals surface area contributed by atoms with Crippen LogP contribution in [0.2, 0.25) is 0 Å². The summed E-state index contributed by atoms with van der Waals surface area (Å²) in [6.07, 6.45) is 33.7. The van der Waals surface area contributed by atoms with Crippen molar-refractivity contribution in [2.24, 2.45) is 11.8 Å². The molecule has 0 aliphatic heterocycles. The lowest BCUT2D eigenvalue weighted by Gasteiger charge is -2.21. The summed E-state index contributed by atoms with van der Waals surface area (Å²) >= 11 is 0. The molecule has 0 aromatic heterocycles. The predicted molar refractivity (Wildman–Crippen MR) is 312 cm³/mol. The normalized spacial score (nSPS) is 14.8. The first-order valence-electron chi connectivity index (χ1n) is 31.5. The number of phosphoric ester groups is 2. The van der Waals surface area contributed by atoms with Crippen molar-refractivity contribution >= 4 is 39.5 Å². The van der Waals surface area contributed by atoms with Gasteiger partial charge in [-0.3, -0.25) is 37.3 Å². The summed E-state index contributed by atoms with van der Waals surface area (Å²) in [5, 5.41) is 10.5. The van der Waals surface area contributed by atoms with E-state index in [9.17, 15) is 43.2 Å². The molecule has 6 atom stereocenters. The molecule has 0 saturated carbocycles. The molecule has 0 spiro atoms. The molecule has 79 heavy (non-hydrogen) atoms. The van der Waals surface area contributed by atoms with Gasteiger partial charge >= 0.3 is 39.5 Å². The van der Waals surface area contributed by atoms with E-state index in [1.807, 2.05) is 0 Å². The number of phosphoric acid groups is 2. The van der Waals surface area contributed by atoms with Crippen LogP contribution in [0.15, 0.2) is 0 Å². The average Bonchev–Trinajstić information content (AvgIpc) is 3.41. The van der Waals surface area contributed by atoms with Crippen LogP contribution in [-0.4, -0.2) is 96.7 Å². The molecular formula is C60H116O17P2. The Labute approximate surface area is 479 Å². The van der Waals surface area contributed by atoms with Crippen molar-refractivity contribution in [2.45, 2.75) is 310 Å². The number of carbonyl (C=O) groups is 4. The number of aliphatic hydroxyl groups excluding tert-OH is 1. The van der Waals surface area contributed by atoms with Gasteiger partial charge in [0.2, 0.25) is 0 Å². The Bertz CT molecular complexity index is 1570. The van der Waals surface area contributed by atoms with Crippen molar-refractivity contribution in [2.75, 3.05) is 39.6 Å². The van der Waals surface area contributed by atoms with Crippen molar-refractivity contribution < 1.29 is 80.2 Å². The minimum atomic E-state index is -4.94. The van der Waals surface area contributed by atoms with Crippen LogP contribution in [0, 0.1) is 11.8 Å². The zero-order valence-electron chi connectivity index (χ0n) is 50.7. The Morgan fingerprint density at radius 3 is 0.962 bits per heavy atom. The fraction of sp³-hybridized carbons (Fsp3) is 0.933. The van der Waals surface area contributed by atoms with Gasteiger partial charge in [-0.15, -0.1) is 0 Å². The lowest BCUT2D eigenvalue weighted by atomic mass is 9.99. The van der Waals surface area contributed by atoms with Crippen molar-refractivity contribution in [1.82, 2.24) is 0 Å². The number of carbonyl (C=O) groups excluding carboxylic acids is 4. The second-order valence-corrected chi connectivity index (χ2v) is 25.4. The molecule has 0 rings (SSSR count). The number of ether oxygens (including phenoxy) is 4. The minimum absolute atomic E-state index is 0.104. The second kappa shape index (κ2) is 52.8. The first-order chi connectivity index (χ1) is 37.9. The van der Waals surface area contributed by atoms with Crippen LogP contribution >= 0.6 is 15.6 Å². The molecule has 0 bridgehead atoms. The largest absolute Gasteiger partial charge is 0.472 e. The molecule has 468 valence electrons. The molecule has 0 fully saturated rings. The first-order valence-corrected chi connectivity index (χ1v) is 34.5. The van der Waals surface area contributed by atoms with Gasteiger partial charge in [0, 0.05) is 25.7 Å². The van der Waals surface area contributed by atoms with Crippen molar-refractivity contribution in [3.05, 3.63) is 0 Å². The van der Waals surface area contributed by atoms with Gasteiger partial charge in [-0.25, -0.2) is 9.13 Å². The summed E-state index contributed by atoms with van der Waals surface area (Å²) < 4.78 is 67.6. The Morgan fingerprint density at radius 2 is 0.646 bits per heavy atom. The minimum Gasteiger partial charge on any atom is -0.462 e. The number of rotatable bonds is 59.